The van der Waals surface area contributed by atoms with Crippen molar-refractivity contribution in [3.05, 3.63) is 70.0 Å². The van der Waals surface area contributed by atoms with Gasteiger partial charge in [0.05, 0.1) is 0 Å². The molecule has 0 bridgehead atoms. The first-order valence-corrected chi connectivity index (χ1v) is 9.56. The predicted octanol–water partition coefficient (Wildman–Crippen LogP) is 4.24. The van der Waals surface area contributed by atoms with Crippen molar-refractivity contribution >= 4 is 23.4 Å². The van der Waals surface area contributed by atoms with Crippen molar-refractivity contribution in [3.63, 3.8) is 0 Å². The van der Waals surface area contributed by atoms with E-state index in [9.17, 15) is 14.0 Å². The first-order valence-electron chi connectivity index (χ1n) is 9.19. The third-order valence-corrected chi connectivity index (χ3v) is 5.72. The highest BCUT2D eigenvalue weighted by atomic mass is 35.5. The summed E-state index contributed by atoms with van der Waals surface area (Å²) in [5.41, 5.74) is 1.84. The lowest BCUT2D eigenvalue weighted by molar-refractivity contribution is -0.126. The topological polar surface area (TPSA) is 49.4 Å². The zero-order valence-corrected chi connectivity index (χ0v) is 15.5. The normalized spacial score (nSPS) is 19.4. The smallest absolute Gasteiger partial charge is 0.255 e. The number of fused-ring (bicyclic) bond motifs is 1. The number of hydrogen-bond donors (Lipinski definition) is 1. The van der Waals surface area contributed by atoms with Gasteiger partial charge in [0.25, 0.3) is 5.91 Å². The molecule has 1 unspecified atom stereocenters. The molecule has 140 valence electrons. The van der Waals surface area contributed by atoms with Gasteiger partial charge in [0.15, 0.2) is 0 Å². The number of carbonyl (C=O) groups is 2. The second-order valence-electron chi connectivity index (χ2n) is 7.15. The van der Waals surface area contributed by atoms with Crippen LogP contribution in [0.2, 0.25) is 5.02 Å². The molecule has 1 aliphatic heterocycles. The van der Waals surface area contributed by atoms with Crippen molar-refractivity contribution in [1.29, 1.82) is 0 Å². The summed E-state index contributed by atoms with van der Waals surface area (Å²) in [6.07, 6.45) is 4.16. The van der Waals surface area contributed by atoms with E-state index in [1.807, 2.05) is 12.1 Å². The maximum absolute atomic E-state index is 13.4. The first-order chi connectivity index (χ1) is 13.0. The maximum Gasteiger partial charge on any atom is 0.255 e. The van der Waals surface area contributed by atoms with Crippen molar-refractivity contribution in [1.82, 2.24) is 10.2 Å². The molecule has 6 heteroatoms. The van der Waals surface area contributed by atoms with Crippen molar-refractivity contribution in [2.24, 2.45) is 0 Å². The number of carbonyl (C=O) groups excluding carboxylic acids is 2. The van der Waals surface area contributed by atoms with Gasteiger partial charge >= 0.3 is 0 Å². The van der Waals surface area contributed by atoms with Crippen LogP contribution in [0.25, 0.3) is 0 Å². The fourth-order valence-electron chi connectivity index (χ4n) is 4.00. The third-order valence-electron chi connectivity index (χ3n) is 5.36. The van der Waals surface area contributed by atoms with Gasteiger partial charge in [-0.05, 0) is 42.2 Å². The molecule has 1 heterocycles. The monoisotopic (exact) mass is 386 g/mol. The summed E-state index contributed by atoms with van der Waals surface area (Å²) in [5, 5.41) is 3.34. The minimum atomic E-state index is -0.699. The Morgan fingerprint density at radius 2 is 1.93 bits per heavy atom. The molecule has 2 aromatic rings. The van der Waals surface area contributed by atoms with Crippen LogP contribution in [0.3, 0.4) is 0 Å². The molecule has 4 rings (SSSR count). The predicted molar refractivity (Wildman–Crippen MR) is 101 cm³/mol. The molecule has 0 spiro atoms. The number of nitrogens with zero attached hydrogens (tertiary/aromatic N) is 1. The Balaban J connectivity index is 1.65. The highest BCUT2D eigenvalue weighted by Crippen LogP contribution is 2.36. The Morgan fingerprint density at radius 1 is 1.19 bits per heavy atom. The Morgan fingerprint density at radius 3 is 2.67 bits per heavy atom. The minimum absolute atomic E-state index is 0.148. The first kappa shape index (κ1) is 18.0. The second-order valence-corrected chi connectivity index (χ2v) is 7.56. The molecule has 2 aliphatic rings. The van der Waals surface area contributed by atoms with Crippen molar-refractivity contribution < 1.29 is 14.0 Å². The van der Waals surface area contributed by atoms with Gasteiger partial charge in [0.2, 0.25) is 5.91 Å². The van der Waals surface area contributed by atoms with Crippen LogP contribution >= 0.6 is 11.6 Å². The molecule has 1 fully saturated rings. The molecular formula is C21H20ClFN2O2. The number of halogens is 2. The van der Waals surface area contributed by atoms with Gasteiger partial charge in [-0.3, -0.25) is 9.59 Å². The minimum Gasteiger partial charge on any atom is -0.351 e. The molecular weight excluding hydrogens is 367 g/mol. The van der Waals surface area contributed by atoms with Crippen LogP contribution < -0.4 is 5.32 Å². The number of benzene rings is 2. The van der Waals surface area contributed by atoms with E-state index in [1.165, 1.54) is 17.0 Å². The summed E-state index contributed by atoms with van der Waals surface area (Å²) in [7, 11) is 0. The quantitative estimate of drug-likeness (QED) is 0.854. The molecule has 1 atom stereocenters. The lowest BCUT2D eigenvalue weighted by atomic mass is 10.0. The zero-order valence-electron chi connectivity index (χ0n) is 14.8. The Kier molecular flexibility index (Phi) is 4.87. The van der Waals surface area contributed by atoms with Crippen molar-refractivity contribution in [3.8, 4) is 0 Å². The van der Waals surface area contributed by atoms with Gasteiger partial charge in [-0.1, -0.05) is 48.7 Å². The Bertz CT molecular complexity index is 896. The number of rotatable bonds is 4. The highest BCUT2D eigenvalue weighted by molar-refractivity contribution is 6.31. The van der Waals surface area contributed by atoms with Crippen LogP contribution in [-0.2, 0) is 11.3 Å². The highest BCUT2D eigenvalue weighted by Gasteiger charge is 2.41. The van der Waals surface area contributed by atoms with Gasteiger partial charge in [-0.2, -0.15) is 0 Å². The van der Waals surface area contributed by atoms with Crippen LogP contribution in [-0.4, -0.2) is 22.8 Å². The van der Waals surface area contributed by atoms with Gasteiger partial charge < -0.3 is 10.2 Å². The summed E-state index contributed by atoms with van der Waals surface area (Å²) in [4.78, 5) is 27.5. The van der Waals surface area contributed by atoms with E-state index in [4.69, 9.17) is 11.6 Å². The van der Waals surface area contributed by atoms with Crippen molar-refractivity contribution in [2.45, 2.75) is 44.3 Å². The molecule has 0 aromatic heterocycles. The SMILES string of the molecule is O=C(NC1CCCC1)C1c2ccccc2C(=O)N1Cc1ccc(F)cc1Cl. The summed E-state index contributed by atoms with van der Waals surface area (Å²) >= 11 is 6.15. The summed E-state index contributed by atoms with van der Waals surface area (Å²) < 4.78 is 13.4. The standard InChI is InChI=1S/C21H20ClFN2O2/c22-18-11-14(23)10-9-13(18)12-25-19(20(26)24-15-5-1-2-6-15)16-7-3-4-8-17(16)21(25)27/h3-4,7-11,15,19H,1-2,5-6,12H2,(H,24,26). The summed E-state index contributed by atoms with van der Waals surface area (Å²) in [6, 6.07) is 10.7. The van der Waals surface area contributed by atoms with Gasteiger partial charge in [0.1, 0.15) is 11.9 Å². The van der Waals surface area contributed by atoms with E-state index in [1.54, 1.807) is 18.2 Å². The zero-order chi connectivity index (χ0) is 19.0. The van der Waals surface area contributed by atoms with E-state index < -0.39 is 11.9 Å². The third kappa shape index (κ3) is 3.44. The molecule has 1 aliphatic carbocycles. The molecule has 1 saturated carbocycles. The van der Waals surface area contributed by atoms with E-state index in [-0.39, 0.29) is 29.4 Å². The molecule has 1 N–H and O–H groups in total. The summed E-state index contributed by atoms with van der Waals surface area (Å²) in [6.45, 7) is 0.148. The number of amides is 2. The van der Waals surface area contributed by atoms with Crippen LogP contribution in [0, 0.1) is 5.82 Å². The molecule has 2 aromatic carbocycles. The lowest BCUT2D eigenvalue weighted by Gasteiger charge is -2.26. The van der Waals surface area contributed by atoms with Crippen LogP contribution in [0.5, 0.6) is 0 Å². The summed E-state index contributed by atoms with van der Waals surface area (Å²) in [5.74, 6) is -0.814. The van der Waals surface area contributed by atoms with E-state index in [2.05, 4.69) is 5.32 Å². The Labute approximate surface area is 162 Å². The molecule has 2 amide bonds. The largest absolute Gasteiger partial charge is 0.351 e. The Hall–Kier alpha value is -2.40. The van der Waals surface area contributed by atoms with Crippen LogP contribution in [0.4, 0.5) is 4.39 Å². The molecule has 27 heavy (non-hydrogen) atoms. The molecule has 4 nitrogen and oxygen atoms in total. The molecule has 0 saturated heterocycles. The number of nitrogens with one attached hydrogen (secondary N) is 1. The fourth-order valence-corrected chi connectivity index (χ4v) is 4.23. The average Bonchev–Trinajstić information content (AvgIpc) is 3.24. The second kappa shape index (κ2) is 7.31. The van der Waals surface area contributed by atoms with E-state index in [0.717, 1.165) is 25.7 Å². The lowest BCUT2D eigenvalue weighted by Crippen LogP contribution is -2.42. The van der Waals surface area contributed by atoms with Crippen LogP contribution in [0.15, 0.2) is 42.5 Å². The van der Waals surface area contributed by atoms with E-state index >= 15 is 0 Å². The maximum atomic E-state index is 13.4. The van der Waals surface area contributed by atoms with Crippen LogP contribution in [0.1, 0.15) is 53.2 Å². The average molecular weight is 387 g/mol. The number of hydrogen-bond acceptors (Lipinski definition) is 2. The van der Waals surface area contributed by atoms with E-state index in [0.29, 0.717) is 16.7 Å². The molecule has 0 radical (unpaired) electrons. The van der Waals surface area contributed by atoms with Gasteiger partial charge in [0, 0.05) is 23.2 Å². The van der Waals surface area contributed by atoms with Gasteiger partial charge in [-0.15, -0.1) is 0 Å². The van der Waals surface area contributed by atoms with Crippen molar-refractivity contribution in [2.75, 3.05) is 0 Å². The fraction of sp³-hybridized carbons (Fsp3) is 0.333. The van der Waals surface area contributed by atoms with Gasteiger partial charge in [-0.25, -0.2) is 4.39 Å².